The van der Waals surface area contributed by atoms with Gasteiger partial charge in [-0.05, 0) is 29.8 Å². The zero-order valence-corrected chi connectivity index (χ0v) is 15.4. The Kier molecular flexibility index (Phi) is 4.95. The zero-order chi connectivity index (χ0) is 17.2. The molecule has 0 amide bonds. The Morgan fingerprint density at radius 1 is 0.880 bits per heavy atom. The summed E-state index contributed by atoms with van der Waals surface area (Å²) in [5, 5.41) is 1.24. The van der Waals surface area contributed by atoms with Crippen molar-refractivity contribution in [2.24, 2.45) is 0 Å². The van der Waals surface area contributed by atoms with Crippen LogP contribution in [-0.4, -0.2) is 45.9 Å². The van der Waals surface area contributed by atoms with Gasteiger partial charge in [0.2, 0.25) is 0 Å². The molecule has 1 aromatic heterocycles. The average molecular weight is 375 g/mol. The second kappa shape index (κ2) is 7.34. The molecule has 0 aliphatic carbocycles. The molecule has 0 atom stereocenters. The molecule has 1 saturated heterocycles. The first-order valence-electron chi connectivity index (χ1n) is 8.50. The van der Waals surface area contributed by atoms with Gasteiger partial charge >= 0.3 is 0 Å². The summed E-state index contributed by atoms with van der Waals surface area (Å²) in [6.07, 6.45) is 0. The lowest BCUT2D eigenvalue weighted by atomic mass is 10.2. The molecule has 1 aliphatic heterocycles. The standard InChI is InChI=1S/C19H20Cl2N4/c20-15-6-5-14(11-16(15)21)12-24-7-9-25(10-8-24)13-19-22-17-3-1-2-4-18(17)23-19/h1-6,11H,7-10,12-13H2,(H,22,23). The summed E-state index contributed by atoms with van der Waals surface area (Å²) in [6, 6.07) is 14.1. The van der Waals surface area contributed by atoms with E-state index < -0.39 is 0 Å². The van der Waals surface area contributed by atoms with E-state index in [4.69, 9.17) is 23.2 Å². The molecule has 1 N–H and O–H groups in total. The number of rotatable bonds is 4. The first-order valence-corrected chi connectivity index (χ1v) is 9.25. The van der Waals surface area contributed by atoms with E-state index in [1.54, 1.807) is 0 Å². The maximum absolute atomic E-state index is 6.11. The first-order chi connectivity index (χ1) is 12.2. The van der Waals surface area contributed by atoms with Crippen LogP contribution in [0, 0.1) is 0 Å². The lowest BCUT2D eigenvalue weighted by Crippen LogP contribution is -2.45. The van der Waals surface area contributed by atoms with E-state index in [1.165, 1.54) is 5.56 Å². The number of benzene rings is 2. The monoisotopic (exact) mass is 374 g/mol. The Hall–Kier alpha value is -1.59. The van der Waals surface area contributed by atoms with Crippen LogP contribution in [0.1, 0.15) is 11.4 Å². The predicted octanol–water partition coefficient (Wildman–Crippen LogP) is 4.19. The maximum atomic E-state index is 6.11. The summed E-state index contributed by atoms with van der Waals surface area (Å²) in [5.41, 5.74) is 3.35. The van der Waals surface area contributed by atoms with E-state index in [9.17, 15) is 0 Å². The van der Waals surface area contributed by atoms with Gasteiger partial charge in [0, 0.05) is 32.7 Å². The van der Waals surface area contributed by atoms with Gasteiger partial charge < -0.3 is 4.98 Å². The molecule has 130 valence electrons. The molecule has 1 fully saturated rings. The minimum absolute atomic E-state index is 0.612. The fourth-order valence-corrected chi connectivity index (χ4v) is 3.61. The highest BCUT2D eigenvalue weighted by molar-refractivity contribution is 6.42. The molecule has 0 radical (unpaired) electrons. The van der Waals surface area contributed by atoms with Crippen molar-refractivity contribution in [2.75, 3.05) is 26.2 Å². The van der Waals surface area contributed by atoms with Gasteiger partial charge in [-0.15, -0.1) is 0 Å². The maximum Gasteiger partial charge on any atom is 0.121 e. The fourth-order valence-electron chi connectivity index (χ4n) is 3.29. The Bertz CT molecular complexity index is 836. The number of para-hydroxylation sites is 2. The largest absolute Gasteiger partial charge is 0.341 e. The van der Waals surface area contributed by atoms with Crippen LogP contribution in [0.4, 0.5) is 0 Å². The van der Waals surface area contributed by atoms with Crippen molar-refractivity contribution in [3.05, 3.63) is 63.9 Å². The van der Waals surface area contributed by atoms with Gasteiger partial charge in [0.15, 0.2) is 0 Å². The van der Waals surface area contributed by atoms with Crippen LogP contribution in [0.2, 0.25) is 10.0 Å². The summed E-state index contributed by atoms with van der Waals surface area (Å²) in [6.45, 7) is 5.95. The molecule has 1 aliphatic rings. The third-order valence-electron chi connectivity index (χ3n) is 4.67. The van der Waals surface area contributed by atoms with Crippen molar-refractivity contribution in [3.8, 4) is 0 Å². The molecule has 4 rings (SSSR count). The smallest absolute Gasteiger partial charge is 0.121 e. The van der Waals surface area contributed by atoms with E-state index in [1.807, 2.05) is 30.3 Å². The van der Waals surface area contributed by atoms with Gasteiger partial charge in [-0.25, -0.2) is 4.98 Å². The van der Waals surface area contributed by atoms with E-state index in [2.05, 4.69) is 31.9 Å². The molecule has 2 aromatic carbocycles. The molecular weight excluding hydrogens is 355 g/mol. The number of hydrogen-bond acceptors (Lipinski definition) is 3. The van der Waals surface area contributed by atoms with E-state index in [0.717, 1.165) is 56.1 Å². The normalized spacial score (nSPS) is 16.6. The highest BCUT2D eigenvalue weighted by atomic mass is 35.5. The number of aromatic nitrogens is 2. The zero-order valence-electron chi connectivity index (χ0n) is 13.9. The topological polar surface area (TPSA) is 35.2 Å². The molecule has 0 unspecified atom stereocenters. The molecule has 6 heteroatoms. The number of nitrogens with one attached hydrogen (secondary N) is 1. The van der Waals surface area contributed by atoms with Crippen LogP contribution in [0.3, 0.4) is 0 Å². The summed E-state index contributed by atoms with van der Waals surface area (Å²) in [7, 11) is 0. The number of piperazine rings is 1. The van der Waals surface area contributed by atoms with Gasteiger partial charge in [0.25, 0.3) is 0 Å². The van der Waals surface area contributed by atoms with Gasteiger partial charge in [0.1, 0.15) is 5.82 Å². The van der Waals surface area contributed by atoms with E-state index in [0.29, 0.717) is 10.0 Å². The van der Waals surface area contributed by atoms with E-state index >= 15 is 0 Å². The average Bonchev–Trinajstić information content (AvgIpc) is 3.02. The highest BCUT2D eigenvalue weighted by Crippen LogP contribution is 2.23. The fraction of sp³-hybridized carbons (Fsp3) is 0.316. The lowest BCUT2D eigenvalue weighted by Gasteiger charge is -2.34. The summed E-state index contributed by atoms with van der Waals surface area (Å²) < 4.78 is 0. The molecule has 2 heterocycles. The second-order valence-electron chi connectivity index (χ2n) is 6.50. The van der Waals surface area contributed by atoms with Crippen LogP contribution in [0.25, 0.3) is 11.0 Å². The van der Waals surface area contributed by atoms with Crippen molar-refractivity contribution in [1.82, 2.24) is 19.8 Å². The van der Waals surface area contributed by atoms with Crippen LogP contribution in [0.5, 0.6) is 0 Å². The number of nitrogens with zero attached hydrogens (tertiary/aromatic N) is 3. The summed E-state index contributed by atoms with van der Waals surface area (Å²) >= 11 is 12.1. The highest BCUT2D eigenvalue weighted by Gasteiger charge is 2.18. The van der Waals surface area contributed by atoms with Crippen molar-refractivity contribution in [1.29, 1.82) is 0 Å². The van der Waals surface area contributed by atoms with Crippen molar-refractivity contribution >= 4 is 34.2 Å². The predicted molar refractivity (Wildman–Crippen MR) is 103 cm³/mol. The summed E-state index contributed by atoms with van der Waals surface area (Å²) in [5.74, 6) is 1.04. The summed E-state index contributed by atoms with van der Waals surface area (Å²) in [4.78, 5) is 13.0. The molecule has 3 aromatic rings. The third-order valence-corrected chi connectivity index (χ3v) is 5.41. The Balaban J connectivity index is 1.32. The number of H-pyrrole nitrogens is 1. The molecule has 0 saturated carbocycles. The van der Waals surface area contributed by atoms with Crippen LogP contribution < -0.4 is 0 Å². The van der Waals surface area contributed by atoms with Crippen LogP contribution in [-0.2, 0) is 13.1 Å². The van der Waals surface area contributed by atoms with Gasteiger partial charge in [-0.3, -0.25) is 9.80 Å². The first kappa shape index (κ1) is 16.9. The Labute approximate surface area is 157 Å². The Morgan fingerprint density at radius 3 is 2.32 bits per heavy atom. The van der Waals surface area contributed by atoms with Gasteiger partial charge in [-0.1, -0.05) is 41.4 Å². The van der Waals surface area contributed by atoms with Crippen molar-refractivity contribution in [2.45, 2.75) is 13.1 Å². The quantitative estimate of drug-likeness (QED) is 0.743. The molecular formula is C19H20Cl2N4. The lowest BCUT2D eigenvalue weighted by molar-refractivity contribution is 0.120. The van der Waals surface area contributed by atoms with E-state index in [-0.39, 0.29) is 0 Å². The SMILES string of the molecule is Clc1ccc(CN2CCN(Cc3nc4ccccc4[nH]3)CC2)cc1Cl. The second-order valence-corrected chi connectivity index (χ2v) is 7.32. The third kappa shape index (κ3) is 3.98. The van der Waals surface area contributed by atoms with Crippen molar-refractivity contribution in [3.63, 3.8) is 0 Å². The molecule has 25 heavy (non-hydrogen) atoms. The van der Waals surface area contributed by atoms with Crippen molar-refractivity contribution < 1.29 is 0 Å². The van der Waals surface area contributed by atoms with Gasteiger partial charge in [0.05, 0.1) is 27.6 Å². The number of aromatic amines is 1. The number of halogens is 2. The van der Waals surface area contributed by atoms with Gasteiger partial charge in [-0.2, -0.15) is 0 Å². The van der Waals surface area contributed by atoms with Crippen LogP contribution >= 0.6 is 23.2 Å². The number of imidazole rings is 1. The molecule has 0 bridgehead atoms. The minimum atomic E-state index is 0.612. The molecule has 4 nitrogen and oxygen atoms in total. The molecule has 0 spiro atoms. The number of hydrogen-bond donors (Lipinski definition) is 1. The number of fused-ring (bicyclic) bond motifs is 1. The Morgan fingerprint density at radius 2 is 1.60 bits per heavy atom. The minimum Gasteiger partial charge on any atom is -0.341 e. The van der Waals surface area contributed by atoms with Crippen LogP contribution in [0.15, 0.2) is 42.5 Å².